The Morgan fingerprint density at radius 1 is 1.26 bits per heavy atom. The minimum Gasteiger partial charge on any atom is -0.490 e. The van der Waals surface area contributed by atoms with Crippen LogP contribution in [-0.2, 0) is 11.3 Å². The van der Waals surface area contributed by atoms with Crippen LogP contribution in [0.5, 0.6) is 5.75 Å². The third-order valence-electron chi connectivity index (χ3n) is 5.02. The predicted molar refractivity (Wildman–Crippen MR) is 91.4 cm³/mol. The van der Waals surface area contributed by atoms with Gasteiger partial charge < -0.3 is 15.4 Å². The second-order valence-corrected chi connectivity index (χ2v) is 6.93. The summed E-state index contributed by atoms with van der Waals surface area (Å²) in [5, 5.41) is 6.50. The fourth-order valence-electron chi connectivity index (χ4n) is 3.65. The summed E-state index contributed by atoms with van der Waals surface area (Å²) in [7, 11) is 0. The summed E-state index contributed by atoms with van der Waals surface area (Å²) in [6.45, 7) is 3.63. The summed E-state index contributed by atoms with van der Waals surface area (Å²) in [4.78, 5) is 12.4. The Balaban J connectivity index is 1.56. The maximum absolute atomic E-state index is 12.4. The summed E-state index contributed by atoms with van der Waals surface area (Å²) in [6, 6.07) is 8.51. The number of ether oxygens (including phenoxy) is 1. The van der Waals surface area contributed by atoms with E-state index in [0.717, 1.165) is 43.5 Å². The van der Waals surface area contributed by atoms with Crippen molar-refractivity contribution in [3.05, 3.63) is 29.8 Å². The maximum Gasteiger partial charge on any atom is 0.223 e. The van der Waals surface area contributed by atoms with Gasteiger partial charge in [-0.3, -0.25) is 4.79 Å². The number of benzene rings is 1. The largest absolute Gasteiger partial charge is 0.490 e. The van der Waals surface area contributed by atoms with Gasteiger partial charge >= 0.3 is 0 Å². The second-order valence-electron chi connectivity index (χ2n) is 6.93. The van der Waals surface area contributed by atoms with Gasteiger partial charge in [0.15, 0.2) is 0 Å². The molecule has 126 valence electrons. The van der Waals surface area contributed by atoms with E-state index in [-0.39, 0.29) is 11.8 Å². The Labute approximate surface area is 139 Å². The summed E-state index contributed by atoms with van der Waals surface area (Å²) >= 11 is 0. The van der Waals surface area contributed by atoms with Crippen LogP contribution in [0.4, 0.5) is 0 Å². The SMILES string of the molecule is C[C@H]1C[C@@H](C(=O)NCc2ccccc2OC2CCCC2)CCN1. The molecule has 4 heteroatoms. The van der Waals surface area contributed by atoms with Crippen LogP contribution < -0.4 is 15.4 Å². The van der Waals surface area contributed by atoms with Crippen LogP contribution >= 0.6 is 0 Å². The zero-order chi connectivity index (χ0) is 16.1. The van der Waals surface area contributed by atoms with Gasteiger partial charge in [0, 0.05) is 24.1 Å². The molecule has 1 aromatic rings. The number of piperidine rings is 1. The number of amides is 1. The van der Waals surface area contributed by atoms with Crippen molar-refractivity contribution in [2.45, 2.75) is 64.1 Å². The van der Waals surface area contributed by atoms with E-state index in [4.69, 9.17) is 4.74 Å². The predicted octanol–water partition coefficient (Wildman–Crippen LogP) is 3.01. The van der Waals surface area contributed by atoms with Crippen LogP contribution in [0.3, 0.4) is 0 Å². The van der Waals surface area contributed by atoms with Gasteiger partial charge in [-0.1, -0.05) is 18.2 Å². The fourth-order valence-corrected chi connectivity index (χ4v) is 3.65. The first-order chi connectivity index (χ1) is 11.2. The molecule has 1 amide bonds. The van der Waals surface area contributed by atoms with Gasteiger partial charge in [-0.2, -0.15) is 0 Å². The molecule has 3 rings (SSSR count). The number of nitrogens with one attached hydrogen (secondary N) is 2. The van der Waals surface area contributed by atoms with Gasteiger partial charge in [-0.15, -0.1) is 0 Å². The van der Waals surface area contributed by atoms with Gasteiger partial charge in [0.2, 0.25) is 5.91 Å². The minimum absolute atomic E-state index is 0.133. The molecule has 4 nitrogen and oxygen atoms in total. The average Bonchev–Trinajstić information content (AvgIpc) is 3.07. The van der Waals surface area contributed by atoms with Crippen LogP contribution in [0, 0.1) is 5.92 Å². The lowest BCUT2D eigenvalue weighted by molar-refractivity contribution is -0.126. The zero-order valence-corrected chi connectivity index (χ0v) is 14.0. The molecule has 2 aliphatic rings. The lowest BCUT2D eigenvalue weighted by atomic mass is 9.92. The molecule has 2 N–H and O–H groups in total. The first-order valence-electron chi connectivity index (χ1n) is 8.98. The zero-order valence-electron chi connectivity index (χ0n) is 14.0. The highest BCUT2D eigenvalue weighted by atomic mass is 16.5. The molecule has 0 spiro atoms. The quantitative estimate of drug-likeness (QED) is 0.878. The molecule has 1 aliphatic carbocycles. The summed E-state index contributed by atoms with van der Waals surface area (Å²) in [6.07, 6.45) is 7.01. The molecule has 1 aliphatic heterocycles. The van der Waals surface area contributed by atoms with E-state index in [0.29, 0.717) is 18.7 Å². The Kier molecular flexibility index (Phi) is 5.55. The molecule has 0 unspecified atom stereocenters. The van der Waals surface area contributed by atoms with E-state index in [1.54, 1.807) is 0 Å². The molecule has 23 heavy (non-hydrogen) atoms. The summed E-state index contributed by atoms with van der Waals surface area (Å²) in [5.41, 5.74) is 1.08. The third kappa shape index (κ3) is 4.47. The van der Waals surface area contributed by atoms with E-state index in [1.165, 1.54) is 12.8 Å². The Bertz CT molecular complexity index is 526. The van der Waals surface area contributed by atoms with E-state index < -0.39 is 0 Å². The van der Waals surface area contributed by atoms with E-state index >= 15 is 0 Å². The lowest BCUT2D eigenvalue weighted by Crippen LogP contribution is -2.42. The fraction of sp³-hybridized carbons (Fsp3) is 0.632. The van der Waals surface area contributed by atoms with Crippen LogP contribution in [0.15, 0.2) is 24.3 Å². The molecular weight excluding hydrogens is 288 g/mol. The monoisotopic (exact) mass is 316 g/mol. The molecule has 1 aromatic carbocycles. The maximum atomic E-state index is 12.4. The van der Waals surface area contributed by atoms with Gasteiger partial charge in [0.1, 0.15) is 5.75 Å². The second kappa shape index (κ2) is 7.82. The molecule has 1 saturated carbocycles. The van der Waals surface area contributed by atoms with Crippen LogP contribution in [0.25, 0.3) is 0 Å². The van der Waals surface area contributed by atoms with Crippen LogP contribution in [0.1, 0.15) is 51.0 Å². The van der Waals surface area contributed by atoms with E-state index in [1.807, 2.05) is 18.2 Å². The van der Waals surface area contributed by atoms with Crippen molar-refractivity contribution in [1.82, 2.24) is 10.6 Å². The van der Waals surface area contributed by atoms with Crippen molar-refractivity contribution in [2.75, 3.05) is 6.54 Å². The van der Waals surface area contributed by atoms with Crippen molar-refractivity contribution >= 4 is 5.91 Å². The number of carbonyl (C=O) groups excluding carboxylic acids is 1. The first kappa shape index (κ1) is 16.3. The smallest absolute Gasteiger partial charge is 0.223 e. The molecule has 0 bridgehead atoms. The van der Waals surface area contributed by atoms with Crippen molar-refractivity contribution in [1.29, 1.82) is 0 Å². The van der Waals surface area contributed by atoms with Gasteiger partial charge in [0.25, 0.3) is 0 Å². The number of carbonyl (C=O) groups is 1. The Hall–Kier alpha value is -1.55. The third-order valence-corrected chi connectivity index (χ3v) is 5.02. The molecular formula is C19H28N2O2. The number of hydrogen-bond donors (Lipinski definition) is 2. The standard InChI is InChI=1S/C19H28N2O2/c1-14-12-15(10-11-20-14)19(22)21-13-16-6-2-5-9-18(16)23-17-7-3-4-8-17/h2,5-6,9,14-15,17,20H,3-4,7-8,10-13H2,1H3,(H,21,22)/t14-,15-/m0/s1. The molecule has 1 saturated heterocycles. The van der Waals surface area contributed by atoms with Crippen LogP contribution in [-0.4, -0.2) is 24.6 Å². The highest BCUT2D eigenvalue weighted by molar-refractivity contribution is 5.78. The van der Waals surface area contributed by atoms with E-state index in [9.17, 15) is 4.79 Å². The number of rotatable bonds is 5. The molecule has 2 fully saturated rings. The van der Waals surface area contributed by atoms with Crippen molar-refractivity contribution in [3.8, 4) is 5.75 Å². The highest BCUT2D eigenvalue weighted by Gasteiger charge is 2.24. The average molecular weight is 316 g/mol. The highest BCUT2D eigenvalue weighted by Crippen LogP contribution is 2.26. The van der Waals surface area contributed by atoms with Gasteiger partial charge in [0.05, 0.1) is 6.10 Å². The Morgan fingerprint density at radius 3 is 2.83 bits per heavy atom. The molecule has 1 heterocycles. The molecule has 0 aromatic heterocycles. The van der Waals surface area contributed by atoms with Crippen LogP contribution in [0.2, 0.25) is 0 Å². The van der Waals surface area contributed by atoms with Crippen molar-refractivity contribution in [3.63, 3.8) is 0 Å². The minimum atomic E-state index is 0.133. The summed E-state index contributed by atoms with van der Waals surface area (Å²) in [5.74, 6) is 1.24. The number of para-hydroxylation sites is 1. The van der Waals surface area contributed by atoms with E-state index in [2.05, 4.69) is 23.6 Å². The lowest BCUT2D eigenvalue weighted by Gasteiger charge is -2.27. The molecule has 0 radical (unpaired) electrons. The Morgan fingerprint density at radius 2 is 2.04 bits per heavy atom. The topological polar surface area (TPSA) is 50.4 Å². The normalized spacial score (nSPS) is 25.3. The molecule has 2 atom stereocenters. The number of hydrogen-bond acceptors (Lipinski definition) is 3. The summed E-state index contributed by atoms with van der Waals surface area (Å²) < 4.78 is 6.14. The van der Waals surface area contributed by atoms with Crippen molar-refractivity contribution < 1.29 is 9.53 Å². The van der Waals surface area contributed by atoms with Gasteiger partial charge in [-0.25, -0.2) is 0 Å². The van der Waals surface area contributed by atoms with Gasteiger partial charge in [-0.05, 0) is 58.1 Å². The van der Waals surface area contributed by atoms with Crippen molar-refractivity contribution in [2.24, 2.45) is 5.92 Å². The first-order valence-corrected chi connectivity index (χ1v) is 8.98.